The largest absolute Gasteiger partial charge is 0.337 e. The molecule has 0 aliphatic heterocycles. The molecule has 0 radical (unpaired) electrons. The van der Waals surface area contributed by atoms with Gasteiger partial charge in [0.15, 0.2) is 0 Å². The lowest BCUT2D eigenvalue weighted by Gasteiger charge is -2.27. The van der Waals surface area contributed by atoms with Crippen LogP contribution in [0.3, 0.4) is 0 Å². The summed E-state index contributed by atoms with van der Waals surface area (Å²) in [4.78, 5) is 14.1. The van der Waals surface area contributed by atoms with Crippen LogP contribution in [0.4, 0.5) is 0 Å². The van der Waals surface area contributed by atoms with Crippen molar-refractivity contribution >= 4 is 17.5 Å². The highest BCUT2D eigenvalue weighted by Crippen LogP contribution is 2.18. The molecule has 0 aliphatic rings. The first-order valence-corrected chi connectivity index (χ1v) is 7.16. The number of rotatable bonds is 6. The van der Waals surface area contributed by atoms with Gasteiger partial charge in [0.2, 0.25) is 5.91 Å². The Hall–Kier alpha value is -1.06. The molecule has 0 aliphatic carbocycles. The van der Waals surface area contributed by atoms with Crippen molar-refractivity contribution < 1.29 is 4.79 Å². The van der Waals surface area contributed by atoms with Gasteiger partial charge in [-0.1, -0.05) is 50.1 Å². The molecule has 0 bridgehead atoms. The predicted octanol–water partition coefficient (Wildman–Crippen LogP) is 3.06. The second kappa shape index (κ2) is 7.51. The summed E-state index contributed by atoms with van der Waals surface area (Å²) in [5, 5.41) is 0.686. The van der Waals surface area contributed by atoms with E-state index in [4.69, 9.17) is 17.3 Å². The topological polar surface area (TPSA) is 46.3 Å². The van der Waals surface area contributed by atoms with Crippen molar-refractivity contribution in [3.8, 4) is 0 Å². The van der Waals surface area contributed by atoms with Crippen LogP contribution in [0.5, 0.6) is 0 Å². The number of benzene rings is 1. The number of likely N-dealkylation sites (N-methyl/N-ethyl adjacent to an activating group) is 1. The minimum Gasteiger partial charge on any atom is -0.337 e. The van der Waals surface area contributed by atoms with E-state index >= 15 is 0 Å². The Morgan fingerprint density at radius 3 is 2.53 bits per heavy atom. The molecule has 106 valence electrons. The maximum atomic E-state index is 12.3. The Kier molecular flexibility index (Phi) is 6.32. The highest BCUT2D eigenvalue weighted by molar-refractivity contribution is 6.31. The van der Waals surface area contributed by atoms with Gasteiger partial charge in [-0.05, 0) is 24.5 Å². The van der Waals surface area contributed by atoms with Crippen LogP contribution >= 0.6 is 11.6 Å². The minimum atomic E-state index is -0.438. The van der Waals surface area contributed by atoms with Crippen molar-refractivity contribution in [2.45, 2.75) is 39.8 Å². The van der Waals surface area contributed by atoms with Gasteiger partial charge in [0.1, 0.15) is 0 Å². The van der Waals surface area contributed by atoms with Crippen molar-refractivity contribution in [2.24, 2.45) is 11.7 Å². The van der Waals surface area contributed by atoms with Crippen molar-refractivity contribution in [2.75, 3.05) is 6.54 Å². The number of hydrogen-bond acceptors (Lipinski definition) is 2. The smallest absolute Gasteiger partial charge is 0.240 e. The van der Waals surface area contributed by atoms with E-state index in [9.17, 15) is 4.79 Å². The van der Waals surface area contributed by atoms with Gasteiger partial charge in [-0.25, -0.2) is 0 Å². The number of carbonyl (C=O) groups excluding carboxylic acids is 1. The molecule has 0 heterocycles. The molecule has 2 N–H and O–H groups in total. The fraction of sp³-hybridized carbons (Fsp3) is 0.533. The molecule has 19 heavy (non-hydrogen) atoms. The highest BCUT2D eigenvalue weighted by atomic mass is 35.5. The summed E-state index contributed by atoms with van der Waals surface area (Å²) in [6.07, 6.45) is 0.899. The molecule has 1 rings (SSSR count). The highest BCUT2D eigenvalue weighted by Gasteiger charge is 2.24. The lowest BCUT2D eigenvalue weighted by molar-refractivity contribution is -0.134. The van der Waals surface area contributed by atoms with Crippen LogP contribution < -0.4 is 5.73 Å². The molecule has 1 aromatic rings. The summed E-state index contributed by atoms with van der Waals surface area (Å²) in [5.41, 5.74) is 6.97. The molecule has 4 heteroatoms. The van der Waals surface area contributed by atoms with Crippen LogP contribution in [-0.2, 0) is 11.3 Å². The van der Waals surface area contributed by atoms with E-state index < -0.39 is 6.04 Å². The van der Waals surface area contributed by atoms with Crippen LogP contribution in [-0.4, -0.2) is 23.4 Å². The summed E-state index contributed by atoms with van der Waals surface area (Å²) >= 11 is 6.13. The lowest BCUT2D eigenvalue weighted by atomic mass is 9.98. The summed E-state index contributed by atoms with van der Waals surface area (Å²) in [6, 6.07) is 7.15. The SMILES string of the molecule is CCC(C)C(N)C(=O)N(CC)Cc1ccccc1Cl. The number of hydrogen-bond donors (Lipinski definition) is 1. The van der Waals surface area contributed by atoms with Gasteiger partial charge in [0.25, 0.3) is 0 Å². The Bertz CT molecular complexity index is 422. The number of nitrogens with zero attached hydrogens (tertiary/aromatic N) is 1. The lowest BCUT2D eigenvalue weighted by Crippen LogP contribution is -2.46. The van der Waals surface area contributed by atoms with E-state index in [-0.39, 0.29) is 11.8 Å². The molecule has 3 nitrogen and oxygen atoms in total. The van der Waals surface area contributed by atoms with Gasteiger partial charge in [0.05, 0.1) is 6.04 Å². The molecule has 1 amide bonds. The maximum Gasteiger partial charge on any atom is 0.240 e. The van der Waals surface area contributed by atoms with Crippen LogP contribution in [0.2, 0.25) is 5.02 Å². The predicted molar refractivity (Wildman–Crippen MR) is 80.0 cm³/mol. The average molecular weight is 283 g/mol. The monoisotopic (exact) mass is 282 g/mol. The summed E-state index contributed by atoms with van der Waals surface area (Å²) in [6.45, 7) is 7.15. The quantitative estimate of drug-likeness (QED) is 0.872. The standard InChI is InChI=1S/C15H23ClN2O/c1-4-11(3)14(17)15(19)18(5-2)10-12-8-6-7-9-13(12)16/h6-9,11,14H,4-5,10,17H2,1-3H3. The number of nitrogens with two attached hydrogens (primary N) is 1. The summed E-state index contributed by atoms with van der Waals surface area (Å²) < 4.78 is 0. The third-order valence-electron chi connectivity index (χ3n) is 3.55. The molecule has 0 spiro atoms. The van der Waals surface area contributed by atoms with E-state index in [0.717, 1.165) is 12.0 Å². The van der Waals surface area contributed by atoms with E-state index in [2.05, 4.69) is 0 Å². The van der Waals surface area contributed by atoms with Crippen molar-refractivity contribution in [1.82, 2.24) is 4.90 Å². The second-order valence-electron chi connectivity index (χ2n) is 4.86. The zero-order valence-corrected chi connectivity index (χ0v) is 12.7. The molecule has 0 saturated carbocycles. The Morgan fingerprint density at radius 1 is 1.37 bits per heavy atom. The van der Waals surface area contributed by atoms with E-state index in [1.807, 2.05) is 45.0 Å². The first-order valence-electron chi connectivity index (χ1n) is 6.79. The van der Waals surface area contributed by atoms with E-state index in [0.29, 0.717) is 18.1 Å². The van der Waals surface area contributed by atoms with Crippen LogP contribution in [0.25, 0.3) is 0 Å². The Balaban J connectivity index is 2.79. The van der Waals surface area contributed by atoms with Crippen LogP contribution in [0.15, 0.2) is 24.3 Å². The second-order valence-corrected chi connectivity index (χ2v) is 5.26. The first kappa shape index (κ1) is 16.0. The third-order valence-corrected chi connectivity index (χ3v) is 3.92. The molecule has 0 aromatic heterocycles. The van der Waals surface area contributed by atoms with Gasteiger partial charge in [0, 0.05) is 18.1 Å². The van der Waals surface area contributed by atoms with Gasteiger partial charge in [-0.2, -0.15) is 0 Å². The average Bonchev–Trinajstić information content (AvgIpc) is 2.44. The normalized spacial score (nSPS) is 13.9. The summed E-state index contributed by atoms with van der Waals surface area (Å²) in [5.74, 6) is 0.185. The third kappa shape index (κ3) is 4.22. The van der Waals surface area contributed by atoms with Gasteiger partial charge >= 0.3 is 0 Å². The van der Waals surface area contributed by atoms with E-state index in [1.165, 1.54) is 0 Å². The zero-order valence-electron chi connectivity index (χ0n) is 11.9. The van der Waals surface area contributed by atoms with Crippen molar-refractivity contribution in [3.05, 3.63) is 34.9 Å². The Labute approximate surface area is 120 Å². The molecular formula is C15H23ClN2O. The fourth-order valence-electron chi connectivity index (χ4n) is 1.89. The van der Waals surface area contributed by atoms with Crippen molar-refractivity contribution in [3.63, 3.8) is 0 Å². The molecular weight excluding hydrogens is 260 g/mol. The van der Waals surface area contributed by atoms with Gasteiger partial charge < -0.3 is 10.6 Å². The maximum absolute atomic E-state index is 12.3. The number of halogens is 1. The minimum absolute atomic E-state index is 0.00299. The van der Waals surface area contributed by atoms with Crippen LogP contribution in [0, 0.1) is 5.92 Å². The molecule has 0 fully saturated rings. The molecule has 2 unspecified atom stereocenters. The fourth-order valence-corrected chi connectivity index (χ4v) is 2.08. The van der Waals surface area contributed by atoms with Gasteiger partial charge in [-0.15, -0.1) is 0 Å². The molecule has 1 aromatic carbocycles. The number of amides is 1. The molecule has 2 atom stereocenters. The Morgan fingerprint density at radius 2 is 2.00 bits per heavy atom. The molecule has 0 saturated heterocycles. The first-order chi connectivity index (χ1) is 9.01. The van der Waals surface area contributed by atoms with Gasteiger partial charge in [-0.3, -0.25) is 4.79 Å². The van der Waals surface area contributed by atoms with E-state index in [1.54, 1.807) is 4.90 Å². The summed E-state index contributed by atoms with van der Waals surface area (Å²) in [7, 11) is 0. The van der Waals surface area contributed by atoms with Crippen molar-refractivity contribution in [1.29, 1.82) is 0 Å². The number of carbonyl (C=O) groups is 1. The van der Waals surface area contributed by atoms with Crippen LogP contribution in [0.1, 0.15) is 32.8 Å². The zero-order chi connectivity index (χ0) is 14.4.